The Labute approximate surface area is 197 Å². The molecule has 0 aliphatic carbocycles. The Kier molecular flexibility index (Phi) is 6.01. The van der Waals surface area contributed by atoms with Crippen LogP contribution in [-0.4, -0.2) is 70.0 Å². The highest BCUT2D eigenvalue weighted by atomic mass is 32.2. The second-order valence-electron chi connectivity index (χ2n) is 8.69. The molecule has 5 rings (SSSR count). The van der Waals surface area contributed by atoms with Gasteiger partial charge in [-0.3, -0.25) is 14.6 Å². The first-order valence-corrected chi connectivity index (χ1v) is 12.5. The zero-order chi connectivity index (χ0) is 22.9. The average Bonchev–Trinajstić information content (AvgIpc) is 3.53. The van der Waals surface area contributed by atoms with Gasteiger partial charge in [-0.2, -0.15) is 0 Å². The van der Waals surface area contributed by atoms with Crippen LogP contribution in [0.1, 0.15) is 51.0 Å². The molecule has 3 aromatic rings. The van der Waals surface area contributed by atoms with Crippen LogP contribution in [0.25, 0.3) is 10.9 Å². The standard InChI is InChI=1S/C25H28N4O3S/c1-16-3-5-20(24(30)29-11-12-33-15-29)23(26-16)17-7-9-28(10-8-17)25(31)22-14-18-13-19(32-2)4-6-21(18)27-22/h3-6,13-14,17,27H,7-12,15H2,1-2H3. The van der Waals surface area contributed by atoms with E-state index in [0.717, 1.165) is 64.6 Å². The van der Waals surface area contributed by atoms with Crippen molar-refractivity contribution < 1.29 is 14.3 Å². The number of nitrogens with zero attached hydrogens (tertiary/aromatic N) is 3. The third kappa shape index (κ3) is 4.31. The number of rotatable bonds is 4. The molecule has 4 heterocycles. The molecule has 2 aliphatic heterocycles. The molecule has 2 aliphatic rings. The number of benzene rings is 1. The van der Waals surface area contributed by atoms with Gasteiger partial charge >= 0.3 is 0 Å². The third-order valence-electron chi connectivity index (χ3n) is 6.56. The van der Waals surface area contributed by atoms with Gasteiger partial charge in [-0.15, -0.1) is 11.8 Å². The lowest BCUT2D eigenvalue weighted by molar-refractivity contribution is 0.0703. The van der Waals surface area contributed by atoms with Crippen molar-refractivity contribution in [1.29, 1.82) is 0 Å². The fraction of sp³-hybridized carbons (Fsp3) is 0.400. The summed E-state index contributed by atoms with van der Waals surface area (Å²) >= 11 is 1.79. The Morgan fingerprint density at radius 3 is 2.61 bits per heavy atom. The van der Waals surface area contributed by atoms with Crippen molar-refractivity contribution >= 4 is 34.5 Å². The van der Waals surface area contributed by atoms with Crippen LogP contribution in [0, 0.1) is 6.92 Å². The van der Waals surface area contributed by atoms with E-state index in [1.54, 1.807) is 18.9 Å². The minimum Gasteiger partial charge on any atom is -0.497 e. The monoisotopic (exact) mass is 464 g/mol. The smallest absolute Gasteiger partial charge is 0.270 e. The van der Waals surface area contributed by atoms with E-state index in [9.17, 15) is 9.59 Å². The van der Waals surface area contributed by atoms with Crippen LogP contribution in [0.2, 0.25) is 0 Å². The van der Waals surface area contributed by atoms with E-state index in [-0.39, 0.29) is 17.7 Å². The minimum absolute atomic E-state index is 0.00575. The fourth-order valence-electron chi connectivity index (χ4n) is 4.69. The molecule has 8 heteroatoms. The highest BCUT2D eigenvalue weighted by Crippen LogP contribution is 2.32. The minimum atomic E-state index is 0.00575. The predicted octanol–water partition coefficient (Wildman–Crippen LogP) is 4.05. The predicted molar refractivity (Wildman–Crippen MR) is 130 cm³/mol. The normalized spacial score (nSPS) is 17.0. The van der Waals surface area contributed by atoms with Gasteiger partial charge in [0.25, 0.3) is 11.8 Å². The van der Waals surface area contributed by atoms with Gasteiger partial charge in [0.1, 0.15) is 11.4 Å². The lowest BCUT2D eigenvalue weighted by Crippen LogP contribution is -2.39. The first-order valence-electron chi connectivity index (χ1n) is 11.3. The van der Waals surface area contributed by atoms with Gasteiger partial charge < -0.3 is 19.5 Å². The molecule has 0 saturated carbocycles. The van der Waals surface area contributed by atoms with Crippen molar-refractivity contribution in [2.45, 2.75) is 25.7 Å². The summed E-state index contributed by atoms with van der Waals surface area (Å²) in [5.41, 5.74) is 4.04. The number of H-pyrrole nitrogens is 1. The van der Waals surface area contributed by atoms with Crippen molar-refractivity contribution in [2.24, 2.45) is 0 Å². The van der Waals surface area contributed by atoms with Gasteiger partial charge in [0.05, 0.1) is 24.2 Å². The van der Waals surface area contributed by atoms with E-state index in [2.05, 4.69) is 4.98 Å². The molecule has 2 amide bonds. The van der Waals surface area contributed by atoms with Gasteiger partial charge in [-0.25, -0.2) is 0 Å². The zero-order valence-electron chi connectivity index (χ0n) is 19.0. The van der Waals surface area contributed by atoms with Gasteiger partial charge in [-0.05, 0) is 56.2 Å². The van der Waals surface area contributed by atoms with Crippen molar-refractivity contribution in [3.8, 4) is 5.75 Å². The number of hydrogen-bond donors (Lipinski definition) is 1. The number of methoxy groups -OCH3 is 1. The summed E-state index contributed by atoms with van der Waals surface area (Å²) in [5, 5.41) is 0.958. The quantitative estimate of drug-likeness (QED) is 0.630. The molecule has 0 atom stereocenters. The first-order chi connectivity index (χ1) is 16.0. The van der Waals surface area contributed by atoms with Crippen LogP contribution in [0.4, 0.5) is 0 Å². The Bertz CT molecular complexity index is 1190. The summed E-state index contributed by atoms with van der Waals surface area (Å²) in [5.74, 6) is 2.76. The van der Waals surface area contributed by atoms with Crippen LogP contribution in [0.5, 0.6) is 5.75 Å². The maximum Gasteiger partial charge on any atom is 0.270 e. The van der Waals surface area contributed by atoms with Crippen LogP contribution in [0.3, 0.4) is 0 Å². The Hall–Kier alpha value is -3.00. The van der Waals surface area contributed by atoms with E-state index in [1.807, 2.05) is 53.1 Å². The van der Waals surface area contributed by atoms with Crippen LogP contribution >= 0.6 is 11.8 Å². The molecule has 2 fully saturated rings. The lowest BCUT2D eigenvalue weighted by Gasteiger charge is -2.32. The summed E-state index contributed by atoms with van der Waals surface area (Å²) in [7, 11) is 1.64. The number of pyridine rings is 1. The molecule has 172 valence electrons. The van der Waals surface area contributed by atoms with E-state index in [1.165, 1.54) is 0 Å². The van der Waals surface area contributed by atoms with Crippen LogP contribution in [0.15, 0.2) is 36.4 Å². The number of amides is 2. The van der Waals surface area contributed by atoms with Gasteiger partial charge in [-0.1, -0.05) is 0 Å². The largest absolute Gasteiger partial charge is 0.497 e. The molecule has 33 heavy (non-hydrogen) atoms. The molecule has 0 radical (unpaired) electrons. The number of carbonyl (C=O) groups is 2. The number of aryl methyl sites for hydroxylation is 1. The molecule has 1 N–H and O–H groups in total. The molecule has 0 unspecified atom stereocenters. The second-order valence-corrected chi connectivity index (χ2v) is 9.77. The topological polar surface area (TPSA) is 78.5 Å². The summed E-state index contributed by atoms with van der Waals surface area (Å²) in [4.78, 5) is 38.1. The molecule has 2 saturated heterocycles. The molecule has 2 aromatic heterocycles. The summed E-state index contributed by atoms with van der Waals surface area (Å²) in [6, 6.07) is 11.5. The number of fused-ring (bicyclic) bond motifs is 1. The second kappa shape index (κ2) is 9.09. The highest BCUT2D eigenvalue weighted by molar-refractivity contribution is 7.99. The average molecular weight is 465 g/mol. The van der Waals surface area contributed by atoms with E-state index in [0.29, 0.717) is 18.8 Å². The SMILES string of the molecule is COc1ccc2[nH]c(C(=O)N3CCC(c4nc(C)ccc4C(=O)N4CCSC4)CC3)cc2c1. The number of piperidine rings is 1. The number of likely N-dealkylation sites (tertiary alicyclic amines) is 1. The number of thioether (sulfide) groups is 1. The van der Waals surface area contributed by atoms with Gasteiger partial charge in [0.15, 0.2) is 0 Å². The Balaban J connectivity index is 1.31. The lowest BCUT2D eigenvalue weighted by atomic mass is 9.89. The molecule has 7 nitrogen and oxygen atoms in total. The molecular weight excluding hydrogens is 436 g/mol. The van der Waals surface area contributed by atoms with Crippen molar-refractivity contribution in [3.63, 3.8) is 0 Å². The maximum absolute atomic E-state index is 13.2. The number of ether oxygens (including phenoxy) is 1. The summed E-state index contributed by atoms with van der Waals surface area (Å²) in [6.45, 7) is 4.04. The van der Waals surface area contributed by atoms with Crippen molar-refractivity contribution in [2.75, 3.05) is 38.4 Å². The number of nitrogens with one attached hydrogen (secondary N) is 1. The molecule has 0 spiro atoms. The Morgan fingerprint density at radius 1 is 1.06 bits per heavy atom. The molecule has 1 aromatic carbocycles. The van der Waals surface area contributed by atoms with Crippen molar-refractivity contribution in [1.82, 2.24) is 19.8 Å². The van der Waals surface area contributed by atoms with E-state index < -0.39 is 0 Å². The van der Waals surface area contributed by atoms with E-state index in [4.69, 9.17) is 9.72 Å². The van der Waals surface area contributed by atoms with Crippen LogP contribution in [-0.2, 0) is 0 Å². The molecule has 0 bridgehead atoms. The van der Waals surface area contributed by atoms with E-state index >= 15 is 0 Å². The number of carbonyl (C=O) groups excluding carboxylic acids is 2. The fourth-order valence-corrected chi connectivity index (χ4v) is 5.64. The maximum atomic E-state index is 13.2. The summed E-state index contributed by atoms with van der Waals surface area (Å²) in [6.07, 6.45) is 1.59. The number of hydrogen-bond acceptors (Lipinski definition) is 5. The molecular formula is C25H28N4O3S. The first kappa shape index (κ1) is 21.8. The van der Waals surface area contributed by atoms with Crippen LogP contribution < -0.4 is 4.74 Å². The van der Waals surface area contributed by atoms with Crippen molar-refractivity contribution in [3.05, 3.63) is 59.0 Å². The third-order valence-corrected chi connectivity index (χ3v) is 7.53. The highest BCUT2D eigenvalue weighted by Gasteiger charge is 2.30. The number of aromatic amines is 1. The number of aromatic nitrogens is 2. The Morgan fingerprint density at radius 2 is 1.88 bits per heavy atom. The zero-order valence-corrected chi connectivity index (χ0v) is 19.8. The van der Waals surface area contributed by atoms with Gasteiger partial charge in [0.2, 0.25) is 0 Å². The summed E-state index contributed by atoms with van der Waals surface area (Å²) < 4.78 is 5.29. The van der Waals surface area contributed by atoms with Gasteiger partial charge in [0, 0.05) is 47.9 Å².